The van der Waals surface area contributed by atoms with Gasteiger partial charge in [0.25, 0.3) is 0 Å². The van der Waals surface area contributed by atoms with Crippen LogP contribution in [0.15, 0.2) is 18.2 Å². The van der Waals surface area contributed by atoms with Crippen LogP contribution in [0.5, 0.6) is 0 Å². The van der Waals surface area contributed by atoms with Crippen molar-refractivity contribution in [3.05, 3.63) is 35.4 Å². The van der Waals surface area contributed by atoms with E-state index in [2.05, 4.69) is 5.32 Å². The van der Waals surface area contributed by atoms with Gasteiger partial charge in [-0.2, -0.15) is 0 Å². The highest BCUT2D eigenvalue weighted by Gasteiger charge is 2.14. The van der Waals surface area contributed by atoms with Crippen LogP contribution in [0, 0.1) is 11.6 Å². The minimum atomic E-state index is -0.967. The Bertz CT molecular complexity index is 477. The van der Waals surface area contributed by atoms with Crippen molar-refractivity contribution in [1.82, 2.24) is 5.32 Å². The second-order valence-corrected chi connectivity index (χ2v) is 4.20. The van der Waals surface area contributed by atoms with E-state index in [-0.39, 0.29) is 30.7 Å². The molecular weight excluding hydrogens is 256 g/mol. The van der Waals surface area contributed by atoms with Gasteiger partial charge in [-0.25, -0.2) is 8.78 Å². The topological polar surface area (TPSA) is 66.4 Å². The van der Waals surface area contributed by atoms with Crippen LogP contribution in [0.1, 0.15) is 37.8 Å². The summed E-state index contributed by atoms with van der Waals surface area (Å²) in [5.74, 6) is -2.73. The molecule has 1 rings (SSSR count). The van der Waals surface area contributed by atoms with Gasteiger partial charge in [-0.1, -0.05) is 6.07 Å². The molecule has 1 aromatic carbocycles. The number of amides is 1. The standard InChI is InChI=1S/C13H15F2NO3/c1-8(10-6-5-9(14)7-11(10)15)16-12(17)3-2-4-13(18)19/h5-8H,2-4H2,1H3,(H,16,17)(H,18,19). The lowest BCUT2D eigenvalue weighted by molar-refractivity contribution is -0.137. The third-order valence-corrected chi connectivity index (χ3v) is 2.60. The van der Waals surface area contributed by atoms with E-state index >= 15 is 0 Å². The average molecular weight is 271 g/mol. The summed E-state index contributed by atoms with van der Waals surface area (Å²) in [4.78, 5) is 21.8. The van der Waals surface area contributed by atoms with Crippen LogP contribution < -0.4 is 5.32 Å². The lowest BCUT2D eigenvalue weighted by Crippen LogP contribution is -2.27. The smallest absolute Gasteiger partial charge is 0.303 e. The van der Waals surface area contributed by atoms with Gasteiger partial charge in [0.05, 0.1) is 6.04 Å². The third kappa shape index (κ3) is 5.03. The zero-order valence-electron chi connectivity index (χ0n) is 10.5. The molecule has 0 aliphatic rings. The maximum absolute atomic E-state index is 13.4. The van der Waals surface area contributed by atoms with Crippen molar-refractivity contribution in [2.24, 2.45) is 0 Å². The van der Waals surface area contributed by atoms with Gasteiger partial charge < -0.3 is 10.4 Å². The number of carbonyl (C=O) groups excluding carboxylic acids is 1. The quantitative estimate of drug-likeness (QED) is 0.835. The molecule has 2 N–H and O–H groups in total. The van der Waals surface area contributed by atoms with Crippen molar-refractivity contribution in [2.75, 3.05) is 0 Å². The molecule has 1 aromatic rings. The minimum absolute atomic E-state index is 0.0550. The molecule has 0 bridgehead atoms. The first kappa shape index (κ1) is 15.1. The molecule has 0 aliphatic carbocycles. The van der Waals surface area contributed by atoms with Crippen molar-refractivity contribution in [2.45, 2.75) is 32.2 Å². The summed E-state index contributed by atoms with van der Waals surface area (Å²) in [6, 6.07) is 2.54. The van der Waals surface area contributed by atoms with E-state index in [1.807, 2.05) is 0 Å². The predicted octanol–water partition coefficient (Wildman–Crippen LogP) is 2.40. The number of hydrogen-bond acceptors (Lipinski definition) is 2. The monoisotopic (exact) mass is 271 g/mol. The van der Waals surface area contributed by atoms with Gasteiger partial charge in [0, 0.05) is 24.5 Å². The second kappa shape index (κ2) is 6.82. The summed E-state index contributed by atoms with van der Waals surface area (Å²) in [5, 5.41) is 11.0. The molecule has 0 fully saturated rings. The Balaban J connectivity index is 2.52. The van der Waals surface area contributed by atoms with Crippen molar-refractivity contribution in [1.29, 1.82) is 0 Å². The fraction of sp³-hybridized carbons (Fsp3) is 0.385. The Morgan fingerprint density at radius 1 is 1.32 bits per heavy atom. The van der Waals surface area contributed by atoms with Gasteiger partial charge >= 0.3 is 5.97 Å². The van der Waals surface area contributed by atoms with Crippen molar-refractivity contribution in [3.8, 4) is 0 Å². The lowest BCUT2D eigenvalue weighted by atomic mass is 10.1. The zero-order valence-corrected chi connectivity index (χ0v) is 10.5. The molecular formula is C13H15F2NO3. The number of carboxylic acid groups (broad SMARTS) is 1. The Kier molecular flexibility index (Phi) is 5.41. The van der Waals surface area contributed by atoms with Gasteiger partial charge in [0.1, 0.15) is 11.6 Å². The number of halogens is 2. The highest BCUT2D eigenvalue weighted by atomic mass is 19.1. The van der Waals surface area contributed by atoms with E-state index in [4.69, 9.17) is 5.11 Å². The number of carboxylic acids is 1. The highest BCUT2D eigenvalue weighted by Crippen LogP contribution is 2.17. The molecule has 0 aromatic heterocycles. The Morgan fingerprint density at radius 2 is 2.00 bits per heavy atom. The number of carbonyl (C=O) groups is 2. The van der Waals surface area contributed by atoms with E-state index in [0.29, 0.717) is 0 Å². The van der Waals surface area contributed by atoms with Crippen LogP contribution in [0.25, 0.3) is 0 Å². The molecule has 4 nitrogen and oxygen atoms in total. The van der Waals surface area contributed by atoms with E-state index in [9.17, 15) is 18.4 Å². The molecule has 104 valence electrons. The molecule has 1 amide bonds. The van der Waals surface area contributed by atoms with E-state index in [1.54, 1.807) is 6.92 Å². The number of benzene rings is 1. The van der Waals surface area contributed by atoms with E-state index < -0.39 is 23.6 Å². The van der Waals surface area contributed by atoms with Gasteiger partial charge in [-0.15, -0.1) is 0 Å². The SMILES string of the molecule is CC(NC(=O)CCCC(=O)O)c1ccc(F)cc1F. The Hall–Kier alpha value is -1.98. The number of nitrogens with one attached hydrogen (secondary N) is 1. The third-order valence-electron chi connectivity index (χ3n) is 2.60. The molecule has 0 saturated carbocycles. The van der Waals surface area contributed by atoms with Crippen molar-refractivity contribution in [3.63, 3.8) is 0 Å². The predicted molar refractivity (Wildman–Crippen MR) is 64.4 cm³/mol. The minimum Gasteiger partial charge on any atom is -0.481 e. The van der Waals surface area contributed by atoms with Gasteiger partial charge in [0.2, 0.25) is 5.91 Å². The Labute approximate surface area is 109 Å². The molecule has 0 saturated heterocycles. The van der Waals surface area contributed by atoms with Crippen LogP contribution in [0.3, 0.4) is 0 Å². The Morgan fingerprint density at radius 3 is 2.58 bits per heavy atom. The highest BCUT2D eigenvalue weighted by molar-refractivity contribution is 5.77. The molecule has 0 spiro atoms. The lowest BCUT2D eigenvalue weighted by Gasteiger charge is -2.15. The molecule has 0 aliphatic heterocycles. The summed E-state index contributed by atoms with van der Waals surface area (Å²) in [7, 11) is 0. The summed E-state index contributed by atoms with van der Waals surface area (Å²) in [6.07, 6.45) is 0.186. The first-order chi connectivity index (χ1) is 8.90. The number of hydrogen-bond donors (Lipinski definition) is 2. The average Bonchev–Trinajstić information content (AvgIpc) is 2.27. The van der Waals surface area contributed by atoms with Gasteiger partial charge in [-0.05, 0) is 19.4 Å². The molecule has 1 unspecified atom stereocenters. The summed E-state index contributed by atoms with van der Waals surface area (Å²) in [5.41, 5.74) is 0.188. The summed E-state index contributed by atoms with van der Waals surface area (Å²) < 4.78 is 26.2. The van der Waals surface area contributed by atoms with Crippen LogP contribution in [0.2, 0.25) is 0 Å². The number of aliphatic carboxylic acids is 1. The van der Waals surface area contributed by atoms with Gasteiger partial charge in [0.15, 0.2) is 0 Å². The summed E-state index contributed by atoms with van der Waals surface area (Å²) >= 11 is 0. The normalized spacial score (nSPS) is 11.9. The second-order valence-electron chi connectivity index (χ2n) is 4.20. The van der Waals surface area contributed by atoms with E-state index in [1.165, 1.54) is 6.07 Å². The van der Waals surface area contributed by atoms with Crippen LogP contribution in [0.4, 0.5) is 8.78 Å². The van der Waals surface area contributed by atoms with Crippen LogP contribution >= 0.6 is 0 Å². The molecule has 19 heavy (non-hydrogen) atoms. The zero-order chi connectivity index (χ0) is 14.4. The van der Waals surface area contributed by atoms with Crippen LogP contribution in [-0.2, 0) is 9.59 Å². The maximum atomic E-state index is 13.4. The van der Waals surface area contributed by atoms with Gasteiger partial charge in [-0.3, -0.25) is 9.59 Å². The van der Waals surface area contributed by atoms with Crippen molar-refractivity contribution >= 4 is 11.9 Å². The fourth-order valence-corrected chi connectivity index (χ4v) is 1.64. The molecule has 1 atom stereocenters. The summed E-state index contributed by atoms with van der Waals surface area (Å²) in [6.45, 7) is 1.57. The molecule has 6 heteroatoms. The largest absolute Gasteiger partial charge is 0.481 e. The first-order valence-corrected chi connectivity index (χ1v) is 5.86. The van der Waals surface area contributed by atoms with E-state index in [0.717, 1.165) is 12.1 Å². The first-order valence-electron chi connectivity index (χ1n) is 5.86. The molecule has 0 radical (unpaired) electrons. The maximum Gasteiger partial charge on any atom is 0.303 e. The molecule has 0 heterocycles. The number of rotatable bonds is 6. The van der Waals surface area contributed by atoms with Crippen molar-refractivity contribution < 1.29 is 23.5 Å². The van der Waals surface area contributed by atoms with Crippen LogP contribution in [-0.4, -0.2) is 17.0 Å². The fourth-order valence-electron chi connectivity index (χ4n) is 1.64.